The van der Waals surface area contributed by atoms with Crippen LogP contribution in [-0.2, 0) is 5.66 Å². The topological polar surface area (TPSA) is 78.8 Å². The Morgan fingerprint density at radius 3 is 2.54 bits per heavy atom. The lowest BCUT2D eigenvalue weighted by Gasteiger charge is -2.33. The molecule has 1 aliphatic heterocycles. The van der Waals surface area contributed by atoms with Gasteiger partial charge in [0.15, 0.2) is 5.66 Å². The minimum absolute atomic E-state index is 0.134. The van der Waals surface area contributed by atoms with Crippen molar-refractivity contribution in [2.75, 3.05) is 0 Å². The molecule has 26 heavy (non-hydrogen) atoms. The van der Waals surface area contributed by atoms with Crippen LogP contribution in [0.3, 0.4) is 0 Å². The van der Waals surface area contributed by atoms with Gasteiger partial charge in [-0.05, 0) is 36.8 Å². The number of hydrogen-bond acceptors (Lipinski definition) is 4. The molecule has 5 N–H and O–H groups in total. The first-order valence-corrected chi connectivity index (χ1v) is 8.78. The Morgan fingerprint density at radius 2 is 1.81 bits per heavy atom. The normalized spacial score (nSPS) is 19.9. The molecule has 0 fully saturated rings. The third-order valence-corrected chi connectivity index (χ3v) is 4.74. The van der Waals surface area contributed by atoms with Gasteiger partial charge in [-0.15, -0.1) is 0 Å². The van der Waals surface area contributed by atoms with Gasteiger partial charge >= 0.3 is 0 Å². The highest BCUT2D eigenvalue weighted by atomic mass is 15.2. The smallest absolute Gasteiger partial charge is 0.153 e. The van der Waals surface area contributed by atoms with Crippen LogP contribution in [0.4, 0.5) is 0 Å². The van der Waals surface area contributed by atoms with E-state index in [4.69, 9.17) is 5.73 Å². The third kappa shape index (κ3) is 2.97. The Morgan fingerprint density at radius 1 is 1.08 bits per heavy atom. The van der Waals surface area contributed by atoms with Crippen molar-refractivity contribution in [1.29, 1.82) is 0 Å². The Kier molecular flexibility index (Phi) is 4.01. The number of rotatable bonds is 4. The Bertz CT molecular complexity index is 1040. The van der Waals surface area contributed by atoms with Crippen LogP contribution in [0.25, 0.3) is 11.9 Å². The molecule has 0 amide bonds. The lowest BCUT2D eigenvalue weighted by molar-refractivity contribution is 0.491. The fourth-order valence-electron chi connectivity index (χ4n) is 3.33. The van der Waals surface area contributed by atoms with Crippen LogP contribution < -0.4 is 26.8 Å². The molecule has 5 nitrogen and oxygen atoms in total. The zero-order valence-corrected chi connectivity index (χ0v) is 15.0. The van der Waals surface area contributed by atoms with Crippen molar-refractivity contribution in [3.05, 3.63) is 88.1 Å². The summed E-state index contributed by atoms with van der Waals surface area (Å²) < 4.78 is 0. The maximum Gasteiger partial charge on any atom is 0.153 e. The summed E-state index contributed by atoms with van der Waals surface area (Å²) in [5.41, 5.74) is 8.78. The average molecular weight is 345 g/mol. The largest absolute Gasteiger partial charge is 0.365 e. The van der Waals surface area contributed by atoms with Gasteiger partial charge in [-0.1, -0.05) is 54.6 Å². The molecule has 0 bridgehead atoms. The zero-order valence-electron chi connectivity index (χ0n) is 15.0. The molecule has 0 radical (unpaired) electrons. The Labute approximate surface area is 152 Å². The summed E-state index contributed by atoms with van der Waals surface area (Å²) in [6.45, 7) is 4.11. The fourth-order valence-corrected chi connectivity index (χ4v) is 3.33. The van der Waals surface area contributed by atoms with Crippen molar-refractivity contribution in [2.45, 2.75) is 25.6 Å². The van der Waals surface area contributed by atoms with Crippen LogP contribution in [0.2, 0.25) is 0 Å². The van der Waals surface area contributed by atoms with Crippen molar-refractivity contribution in [3.8, 4) is 0 Å². The highest BCUT2D eigenvalue weighted by Gasteiger charge is 2.31. The second-order valence-electron chi connectivity index (χ2n) is 6.81. The van der Waals surface area contributed by atoms with Gasteiger partial charge in [-0.25, -0.2) is 0 Å². The van der Waals surface area contributed by atoms with Gasteiger partial charge in [0.1, 0.15) is 11.5 Å². The van der Waals surface area contributed by atoms with Gasteiger partial charge in [0.2, 0.25) is 0 Å². The van der Waals surface area contributed by atoms with Gasteiger partial charge in [0.25, 0.3) is 0 Å². The zero-order chi connectivity index (χ0) is 18.1. The molecular weight excluding hydrogens is 322 g/mol. The standard InChI is InChI=1S/C21H23N5/c1-14-12-19(26-25-14)21(22)13-17-10-6-7-11-18(17)20(24-21)23-15(2)16-8-4-3-5-9-16/h3-13,15,23-24H,22H2,1-2H3,(H,25,26)/t15-,21?/m1/s1. The molecule has 5 heteroatoms. The monoisotopic (exact) mass is 345 g/mol. The van der Waals surface area contributed by atoms with Crippen molar-refractivity contribution in [2.24, 2.45) is 5.73 Å². The SMILES string of the molecule is Cc1cc(C2(N)C=c3ccccc3=C(N[C@H](C)c3ccccc3)N2)n[nH]1. The quantitative estimate of drug-likeness (QED) is 0.575. The number of H-pyrrole nitrogens is 1. The summed E-state index contributed by atoms with van der Waals surface area (Å²) in [4.78, 5) is 0. The first kappa shape index (κ1) is 16.4. The molecule has 0 saturated carbocycles. The lowest BCUT2D eigenvalue weighted by Crippen LogP contribution is -2.58. The molecule has 2 heterocycles. The molecule has 132 valence electrons. The van der Waals surface area contributed by atoms with Crippen molar-refractivity contribution in [3.63, 3.8) is 0 Å². The van der Waals surface area contributed by atoms with Gasteiger partial charge in [-0.2, -0.15) is 5.10 Å². The van der Waals surface area contributed by atoms with Crippen LogP contribution in [-0.4, -0.2) is 10.2 Å². The van der Waals surface area contributed by atoms with E-state index in [1.807, 2.05) is 49.4 Å². The number of aromatic nitrogens is 2. The van der Waals surface area contributed by atoms with E-state index in [-0.39, 0.29) is 6.04 Å². The summed E-state index contributed by atoms with van der Waals surface area (Å²) in [6.07, 6.45) is 2.02. The average Bonchev–Trinajstić information content (AvgIpc) is 3.10. The Balaban J connectivity index is 1.77. The molecule has 3 aromatic rings. The first-order chi connectivity index (χ1) is 12.5. The van der Waals surface area contributed by atoms with Crippen LogP contribution in [0.15, 0.2) is 60.7 Å². The van der Waals surface area contributed by atoms with Crippen LogP contribution in [0.1, 0.15) is 29.9 Å². The summed E-state index contributed by atoms with van der Waals surface area (Å²) in [7, 11) is 0. The molecule has 0 spiro atoms. The van der Waals surface area contributed by atoms with E-state index in [1.54, 1.807) is 0 Å². The predicted molar refractivity (Wildman–Crippen MR) is 104 cm³/mol. The van der Waals surface area contributed by atoms with E-state index < -0.39 is 5.66 Å². The highest BCUT2D eigenvalue weighted by Crippen LogP contribution is 2.20. The van der Waals surface area contributed by atoms with Gasteiger partial charge < -0.3 is 16.4 Å². The van der Waals surface area contributed by atoms with Gasteiger partial charge in [-0.3, -0.25) is 5.10 Å². The van der Waals surface area contributed by atoms with E-state index in [2.05, 4.69) is 52.0 Å². The predicted octanol–water partition coefficient (Wildman–Crippen LogP) is 1.33. The van der Waals surface area contributed by atoms with Crippen LogP contribution in [0, 0.1) is 6.92 Å². The van der Waals surface area contributed by atoms with Crippen molar-refractivity contribution >= 4 is 11.9 Å². The molecular formula is C21H23N5. The summed E-state index contributed by atoms with van der Waals surface area (Å²) in [5, 5.41) is 16.6. The van der Waals surface area contributed by atoms with E-state index >= 15 is 0 Å². The minimum Gasteiger partial charge on any atom is -0.365 e. The van der Waals surface area contributed by atoms with Gasteiger partial charge in [0, 0.05) is 17.0 Å². The second-order valence-corrected chi connectivity index (χ2v) is 6.81. The number of aromatic amines is 1. The van der Waals surface area contributed by atoms with E-state index in [0.717, 1.165) is 27.6 Å². The van der Waals surface area contributed by atoms with Crippen molar-refractivity contribution in [1.82, 2.24) is 20.8 Å². The van der Waals surface area contributed by atoms with E-state index in [9.17, 15) is 0 Å². The molecule has 2 atom stereocenters. The molecule has 1 unspecified atom stereocenters. The highest BCUT2D eigenvalue weighted by molar-refractivity contribution is 5.56. The molecule has 2 aromatic carbocycles. The van der Waals surface area contributed by atoms with Crippen LogP contribution >= 0.6 is 0 Å². The fraction of sp³-hybridized carbons (Fsp3) is 0.190. The molecule has 0 saturated heterocycles. The number of aryl methyl sites for hydroxylation is 1. The summed E-state index contributed by atoms with van der Waals surface area (Å²) in [6, 6.07) is 20.7. The molecule has 0 aliphatic carbocycles. The minimum atomic E-state index is -0.877. The Hall–Kier alpha value is -3.05. The molecule has 4 rings (SSSR count). The summed E-state index contributed by atoms with van der Waals surface area (Å²) >= 11 is 0. The number of fused-ring (bicyclic) bond motifs is 1. The number of nitrogens with zero attached hydrogens (tertiary/aromatic N) is 1. The molecule has 1 aliphatic rings. The summed E-state index contributed by atoms with van der Waals surface area (Å²) in [5.74, 6) is 0.905. The van der Waals surface area contributed by atoms with E-state index in [1.165, 1.54) is 5.56 Å². The second kappa shape index (κ2) is 6.35. The maximum absolute atomic E-state index is 6.70. The number of nitrogens with two attached hydrogens (primary N) is 1. The van der Waals surface area contributed by atoms with Gasteiger partial charge in [0.05, 0.1) is 0 Å². The van der Waals surface area contributed by atoms with E-state index in [0.29, 0.717) is 0 Å². The number of hydrogen-bond donors (Lipinski definition) is 4. The molecule has 1 aromatic heterocycles. The lowest BCUT2D eigenvalue weighted by atomic mass is 10.00. The maximum atomic E-state index is 6.70. The first-order valence-electron chi connectivity index (χ1n) is 8.78. The number of benzene rings is 2. The third-order valence-electron chi connectivity index (χ3n) is 4.74. The van der Waals surface area contributed by atoms with Crippen molar-refractivity contribution < 1.29 is 0 Å². The van der Waals surface area contributed by atoms with Crippen LogP contribution in [0.5, 0.6) is 0 Å². The number of nitrogens with one attached hydrogen (secondary N) is 3.